The molecule has 0 unspecified atom stereocenters. The first kappa shape index (κ1) is 14.6. The fourth-order valence-corrected chi connectivity index (χ4v) is 2.20. The van der Waals surface area contributed by atoms with Crippen molar-refractivity contribution in [2.24, 2.45) is 0 Å². The number of benzene rings is 1. The molecule has 0 heterocycles. The zero-order valence-corrected chi connectivity index (χ0v) is 11.9. The smallest absolute Gasteiger partial charge is 0.238 e. The van der Waals surface area contributed by atoms with E-state index in [2.05, 4.69) is 11.4 Å². The molecule has 1 aromatic carbocycles. The van der Waals surface area contributed by atoms with Gasteiger partial charge in [-0.25, -0.2) is 0 Å². The van der Waals surface area contributed by atoms with Gasteiger partial charge < -0.3 is 11.1 Å². The van der Waals surface area contributed by atoms with Gasteiger partial charge in [-0.1, -0.05) is 11.6 Å². The molecule has 20 heavy (non-hydrogen) atoms. The van der Waals surface area contributed by atoms with E-state index in [1.54, 1.807) is 18.2 Å². The van der Waals surface area contributed by atoms with E-state index in [1.807, 2.05) is 4.90 Å². The van der Waals surface area contributed by atoms with Crippen LogP contribution in [0.3, 0.4) is 0 Å². The van der Waals surface area contributed by atoms with Crippen LogP contribution in [-0.4, -0.2) is 29.9 Å². The summed E-state index contributed by atoms with van der Waals surface area (Å²) in [6.07, 6.45) is 2.62. The number of hydrogen-bond acceptors (Lipinski definition) is 4. The molecule has 1 amide bonds. The number of amides is 1. The highest BCUT2D eigenvalue weighted by Gasteiger charge is 2.29. The third-order valence-corrected chi connectivity index (χ3v) is 3.51. The van der Waals surface area contributed by atoms with Crippen molar-refractivity contribution in [1.29, 1.82) is 5.26 Å². The van der Waals surface area contributed by atoms with E-state index in [1.165, 1.54) is 0 Å². The SMILES string of the molecule is N#CCCN(CC(=O)Nc1cc(N)ccc1Cl)C1CC1. The lowest BCUT2D eigenvalue weighted by Crippen LogP contribution is -2.35. The summed E-state index contributed by atoms with van der Waals surface area (Å²) in [6, 6.07) is 7.52. The maximum absolute atomic E-state index is 12.0. The molecule has 0 spiro atoms. The molecule has 2 rings (SSSR count). The van der Waals surface area contributed by atoms with E-state index < -0.39 is 0 Å². The number of nitrogens with two attached hydrogens (primary N) is 1. The molecule has 3 N–H and O–H groups in total. The maximum Gasteiger partial charge on any atom is 0.238 e. The highest BCUT2D eigenvalue weighted by atomic mass is 35.5. The van der Waals surface area contributed by atoms with Crippen molar-refractivity contribution in [3.05, 3.63) is 23.2 Å². The van der Waals surface area contributed by atoms with Crippen molar-refractivity contribution >= 4 is 28.9 Å². The first-order valence-electron chi connectivity index (χ1n) is 6.56. The lowest BCUT2D eigenvalue weighted by molar-refractivity contribution is -0.117. The summed E-state index contributed by atoms with van der Waals surface area (Å²) >= 11 is 6.01. The van der Waals surface area contributed by atoms with Crippen LogP contribution in [0.25, 0.3) is 0 Å². The van der Waals surface area contributed by atoms with Gasteiger partial charge in [0.15, 0.2) is 0 Å². The van der Waals surface area contributed by atoms with Gasteiger partial charge in [0.05, 0.1) is 23.3 Å². The summed E-state index contributed by atoms with van der Waals surface area (Å²) in [6.45, 7) is 0.900. The summed E-state index contributed by atoms with van der Waals surface area (Å²) < 4.78 is 0. The Labute approximate surface area is 123 Å². The van der Waals surface area contributed by atoms with E-state index in [0.717, 1.165) is 12.8 Å². The molecule has 1 aliphatic rings. The molecule has 1 aromatic rings. The molecule has 1 aliphatic carbocycles. The fourth-order valence-electron chi connectivity index (χ4n) is 2.04. The molecular weight excluding hydrogens is 276 g/mol. The first-order valence-corrected chi connectivity index (χ1v) is 6.94. The Morgan fingerprint density at radius 3 is 2.95 bits per heavy atom. The third-order valence-electron chi connectivity index (χ3n) is 3.19. The third kappa shape index (κ3) is 4.12. The molecular formula is C14H17ClN4O. The van der Waals surface area contributed by atoms with Crippen LogP contribution in [0.4, 0.5) is 11.4 Å². The predicted molar refractivity (Wildman–Crippen MR) is 79.3 cm³/mol. The number of nitrogen functional groups attached to an aromatic ring is 1. The van der Waals surface area contributed by atoms with Crippen LogP contribution < -0.4 is 11.1 Å². The second-order valence-electron chi connectivity index (χ2n) is 4.90. The normalized spacial score (nSPS) is 14.1. The predicted octanol–water partition coefficient (Wildman–Crippen LogP) is 2.24. The van der Waals surface area contributed by atoms with Crippen LogP contribution in [0.15, 0.2) is 18.2 Å². The molecule has 6 heteroatoms. The number of halogens is 1. The van der Waals surface area contributed by atoms with Gasteiger partial charge in [0.2, 0.25) is 5.91 Å². The van der Waals surface area contributed by atoms with Gasteiger partial charge >= 0.3 is 0 Å². The fraction of sp³-hybridized carbons (Fsp3) is 0.429. The standard InChI is InChI=1S/C14H17ClN4O/c15-12-5-2-10(17)8-13(12)18-14(20)9-19(7-1-6-16)11-3-4-11/h2,5,8,11H,1,3-4,7,9,17H2,(H,18,20). The van der Waals surface area contributed by atoms with Crippen LogP contribution in [0, 0.1) is 11.3 Å². The second-order valence-corrected chi connectivity index (χ2v) is 5.30. The van der Waals surface area contributed by atoms with Gasteiger partial charge in [-0.15, -0.1) is 0 Å². The molecule has 1 fully saturated rings. The van der Waals surface area contributed by atoms with Gasteiger partial charge in [-0.2, -0.15) is 5.26 Å². The van der Waals surface area contributed by atoms with Crippen molar-refractivity contribution in [1.82, 2.24) is 4.90 Å². The first-order chi connectivity index (χ1) is 9.60. The Morgan fingerprint density at radius 1 is 1.55 bits per heavy atom. The van der Waals surface area contributed by atoms with Crippen LogP contribution in [0.1, 0.15) is 19.3 Å². The molecule has 0 aliphatic heterocycles. The lowest BCUT2D eigenvalue weighted by atomic mass is 10.2. The maximum atomic E-state index is 12.0. The molecule has 0 atom stereocenters. The highest BCUT2D eigenvalue weighted by Crippen LogP contribution is 2.27. The zero-order chi connectivity index (χ0) is 14.5. The molecule has 0 aromatic heterocycles. The van der Waals surface area contributed by atoms with Gasteiger partial charge in [0, 0.05) is 24.7 Å². The molecule has 106 valence electrons. The number of rotatable bonds is 6. The molecule has 0 saturated heterocycles. The Kier molecular flexibility index (Phi) is 4.83. The number of carbonyl (C=O) groups excluding carboxylic acids is 1. The summed E-state index contributed by atoms with van der Waals surface area (Å²) in [4.78, 5) is 14.1. The minimum Gasteiger partial charge on any atom is -0.399 e. The van der Waals surface area contributed by atoms with Gasteiger partial charge in [0.25, 0.3) is 0 Å². The van der Waals surface area contributed by atoms with Gasteiger partial charge in [-0.3, -0.25) is 9.69 Å². The van der Waals surface area contributed by atoms with Crippen molar-refractivity contribution in [3.8, 4) is 6.07 Å². The van der Waals surface area contributed by atoms with E-state index in [-0.39, 0.29) is 12.5 Å². The summed E-state index contributed by atoms with van der Waals surface area (Å²) in [5.74, 6) is -0.137. The Morgan fingerprint density at radius 2 is 2.30 bits per heavy atom. The van der Waals surface area contributed by atoms with E-state index in [4.69, 9.17) is 22.6 Å². The number of hydrogen-bond donors (Lipinski definition) is 2. The van der Waals surface area contributed by atoms with Crippen molar-refractivity contribution < 1.29 is 4.79 Å². The Balaban J connectivity index is 1.93. The van der Waals surface area contributed by atoms with E-state index >= 15 is 0 Å². The van der Waals surface area contributed by atoms with Crippen molar-refractivity contribution in [2.45, 2.75) is 25.3 Å². The number of anilines is 2. The number of nitrogens with one attached hydrogen (secondary N) is 1. The summed E-state index contributed by atoms with van der Waals surface area (Å²) in [5.41, 5.74) is 6.74. The summed E-state index contributed by atoms with van der Waals surface area (Å²) in [5, 5.41) is 11.9. The van der Waals surface area contributed by atoms with Crippen LogP contribution in [-0.2, 0) is 4.79 Å². The quantitative estimate of drug-likeness (QED) is 0.788. The monoisotopic (exact) mass is 292 g/mol. The average molecular weight is 293 g/mol. The average Bonchev–Trinajstić information content (AvgIpc) is 3.23. The summed E-state index contributed by atoms with van der Waals surface area (Å²) in [7, 11) is 0. The number of carbonyl (C=O) groups is 1. The topological polar surface area (TPSA) is 82.2 Å². The largest absolute Gasteiger partial charge is 0.399 e. The molecule has 5 nitrogen and oxygen atoms in total. The minimum atomic E-state index is -0.137. The van der Waals surface area contributed by atoms with E-state index in [0.29, 0.717) is 35.4 Å². The highest BCUT2D eigenvalue weighted by molar-refractivity contribution is 6.33. The molecule has 1 saturated carbocycles. The lowest BCUT2D eigenvalue weighted by Gasteiger charge is -2.20. The van der Waals surface area contributed by atoms with Crippen LogP contribution in [0.5, 0.6) is 0 Å². The molecule has 0 radical (unpaired) electrons. The number of nitriles is 1. The van der Waals surface area contributed by atoms with Crippen LogP contribution >= 0.6 is 11.6 Å². The Bertz CT molecular complexity index is 536. The Hall–Kier alpha value is -1.77. The van der Waals surface area contributed by atoms with Gasteiger partial charge in [0.1, 0.15) is 0 Å². The van der Waals surface area contributed by atoms with Gasteiger partial charge in [-0.05, 0) is 31.0 Å². The number of nitrogens with zero attached hydrogens (tertiary/aromatic N) is 2. The van der Waals surface area contributed by atoms with Crippen LogP contribution in [0.2, 0.25) is 5.02 Å². The van der Waals surface area contributed by atoms with E-state index in [9.17, 15) is 4.79 Å². The second kappa shape index (κ2) is 6.60. The zero-order valence-electron chi connectivity index (χ0n) is 11.1. The van der Waals surface area contributed by atoms with Crippen molar-refractivity contribution in [3.63, 3.8) is 0 Å². The molecule has 0 bridgehead atoms. The van der Waals surface area contributed by atoms with Crippen molar-refractivity contribution in [2.75, 3.05) is 24.1 Å². The minimum absolute atomic E-state index is 0.137.